The Morgan fingerprint density at radius 1 is 0.957 bits per heavy atom. The highest BCUT2D eigenvalue weighted by Crippen LogP contribution is 2.16. The third kappa shape index (κ3) is 3.17. The van der Waals surface area contributed by atoms with Gasteiger partial charge in [-0.3, -0.25) is 0 Å². The molecule has 0 saturated heterocycles. The van der Waals surface area contributed by atoms with E-state index in [-0.39, 0.29) is 4.90 Å². The summed E-state index contributed by atoms with van der Waals surface area (Å²) in [6.45, 7) is 3.56. The van der Waals surface area contributed by atoms with Crippen molar-refractivity contribution in [3.8, 4) is 0 Å². The fourth-order valence-electron chi connectivity index (χ4n) is 2.32. The van der Waals surface area contributed by atoms with Gasteiger partial charge >= 0.3 is 0 Å². The minimum absolute atomic E-state index is 0.211. The van der Waals surface area contributed by atoms with Crippen molar-refractivity contribution in [3.05, 3.63) is 77.4 Å². The monoisotopic (exact) mass is 327 g/mol. The lowest BCUT2D eigenvalue weighted by molar-refractivity contribution is 0.577. The molecule has 0 N–H and O–H groups in total. The molecule has 0 amide bonds. The van der Waals surface area contributed by atoms with E-state index in [0.717, 1.165) is 15.2 Å². The van der Waals surface area contributed by atoms with Crippen LogP contribution in [0.1, 0.15) is 22.8 Å². The van der Waals surface area contributed by atoms with E-state index >= 15 is 0 Å². The maximum atomic E-state index is 12.7. The highest BCUT2D eigenvalue weighted by Gasteiger charge is 2.21. The Balaban J connectivity index is 1.95. The van der Waals surface area contributed by atoms with Gasteiger partial charge in [-0.15, -0.1) is 9.19 Å². The minimum atomic E-state index is -3.71. The number of hydrogen-bond acceptors (Lipinski definition) is 4. The molecule has 0 saturated carbocycles. The van der Waals surface area contributed by atoms with Gasteiger partial charge in [0.25, 0.3) is 10.0 Å². The molecule has 0 aliphatic carbocycles. The van der Waals surface area contributed by atoms with Crippen molar-refractivity contribution in [1.82, 2.24) is 14.2 Å². The van der Waals surface area contributed by atoms with Crippen LogP contribution in [0.2, 0.25) is 0 Å². The lowest BCUT2D eigenvalue weighted by atomic mass is 10.1. The number of nitrogens with zero attached hydrogens (tertiary/aromatic N) is 3. The Bertz CT molecular complexity index is 914. The van der Waals surface area contributed by atoms with Crippen LogP contribution in [0.4, 0.5) is 0 Å². The van der Waals surface area contributed by atoms with Crippen molar-refractivity contribution in [2.45, 2.75) is 25.2 Å². The van der Waals surface area contributed by atoms with Crippen LogP contribution in [0.5, 0.6) is 0 Å². The topological polar surface area (TPSA) is 64.8 Å². The molecule has 118 valence electrons. The SMILES string of the molecule is Cc1ccc(S(=O)(=O)n2nc(Cc3ccccc3)nc2C)cc1. The summed E-state index contributed by atoms with van der Waals surface area (Å²) in [4.78, 5) is 4.50. The summed E-state index contributed by atoms with van der Waals surface area (Å²) in [6.07, 6.45) is 0.498. The average Bonchev–Trinajstić information content (AvgIpc) is 2.90. The fraction of sp³-hybridized carbons (Fsp3) is 0.176. The molecule has 0 unspecified atom stereocenters. The van der Waals surface area contributed by atoms with Crippen molar-refractivity contribution >= 4 is 10.0 Å². The zero-order valence-electron chi connectivity index (χ0n) is 13.0. The molecular formula is C17H17N3O2S. The number of aromatic nitrogens is 3. The fourth-order valence-corrected chi connectivity index (χ4v) is 3.59. The van der Waals surface area contributed by atoms with Gasteiger partial charge in [-0.1, -0.05) is 48.0 Å². The van der Waals surface area contributed by atoms with Crippen LogP contribution in [-0.2, 0) is 16.4 Å². The summed E-state index contributed by atoms with van der Waals surface area (Å²) in [6, 6.07) is 16.4. The van der Waals surface area contributed by atoms with Gasteiger partial charge in [0.15, 0.2) is 5.82 Å². The summed E-state index contributed by atoms with van der Waals surface area (Å²) in [7, 11) is -3.71. The number of benzene rings is 2. The van der Waals surface area contributed by atoms with Gasteiger partial charge in [0.2, 0.25) is 0 Å². The van der Waals surface area contributed by atoms with Gasteiger partial charge in [0.05, 0.1) is 4.90 Å². The number of hydrogen-bond donors (Lipinski definition) is 0. The van der Waals surface area contributed by atoms with Crippen LogP contribution >= 0.6 is 0 Å². The van der Waals surface area contributed by atoms with Gasteiger partial charge in [-0.2, -0.15) is 8.42 Å². The Morgan fingerprint density at radius 2 is 1.61 bits per heavy atom. The van der Waals surface area contributed by atoms with E-state index in [1.54, 1.807) is 31.2 Å². The second-order valence-corrected chi connectivity index (χ2v) is 7.17. The predicted molar refractivity (Wildman–Crippen MR) is 87.8 cm³/mol. The van der Waals surface area contributed by atoms with E-state index in [2.05, 4.69) is 10.1 Å². The first kappa shape index (κ1) is 15.4. The van der Waals surface area contributed by atoms with Crippen molar-refractivity contribution in [3.63, 3.8) is 0 Å². The zero-order valence-corrected chi connectivity index (χ0v) is 13.8. The largest absolute Gasteiger partial charge is 0.284 e. The molecule has 2 aromatic carbocycles. The van der Waals surface area contributed by atoms with Gasteiger partial charge < -0.3 is 0 Å². The summed E-state index contributed by atoms with van der Waals surface area (Å²) in [5.74, 6) is 0.848. The zero-order chi connectivity index (χ0) is 16.4. The van der Waals surface area contributed by atoms with Gasteiger partial charge in [-0.25, -0.2) is 4.98 Å². The third-order valence-corrected chi connectivity index (χ3v) is 5.19. The standard InChI is InChI=1S/C17H17N3O2S/c1-13-8-10-16(11-9-13)23(21,22)20-14(2)18-17(19-20)12-15-6-4-3-5-7-15/h3-11H,12H2,1-2H3. The molecule has 3 aromatic rings. The Kier molecular flexibility index (Phi) is 4.00. The van der Waals surface area contributed by atoms with Gasteiger partial charge in [0, 0.05) is 6.42 Å². The van der Waals surface area contributed by atoms with E-state index in [9.17, 15) is 8.42 Å². The van der Waals surface area contributed by atoms with E-state index in [1.807, 2.05) is 37.3 Å². The van der Waals surface area contributed by atoms with Crippen LogP contribution < -0.4 is 0 Å². The molecule has 0 radical (unpaired) electrons. The van der Waals surface area contributed by atoms with E-state index in [0.29, 0.717) is 18.1 Å². The first-order valence-corrected chi connectivity index (χ1v) is 8.69. The summed E-state index contributed by atoms with van der Waals surface area (Å²) >= 11 is 0. The van der Waals surface area contributed by atoms with Crippen LogP contribution in [0.25, 0.3) is 0 Å². The Hall–Kier alpha value is -2.47. The van der Waals surface area contributed by atoms with Crippen LogP contribution in [0.15, 0.2) is 59.5 Å². The van der Waals surface area contributed by atoms with Gasteiger partial charge in [-0.05, 0) is 31.5 Å². The summed E-state index contributed by atoms with van der Waals surface area (Å²) in [5, 5.41) is 4.19. The molecule has 0 fully saturated rings. The van der Waals surface area contributed by atoms with Crippen molar-refractivity contribution < 1.29 is 8.42 Å². The quantitative estimate of drug-likeness (QED) is 0.739. The molecule has 0 atom stereocenters. The van der Waals surface area contributed by atoms with Crippen molar-refractivity contribution in [1.29, 1.82) is 0 Å². The molecule has 0 aliphatic heterocycles. The molecule has 1 heterocycles. The predicted octanol–water partition coefficient (Wildman–Crippen LogP) is 2.72. The molecule has 1 aromatic heterocycles. The Morgan fingerprint density at radius 3 is 2.26 bits per heavy atom. The first-order chi connectivity index (χ1) is 11.0. The van der Waals surface area contributed by atoms with E-state index in [1.165, 1.54) is 0 Å². The van der Waals surface area contributed by atoms with Crippen molar-refractivity contribution in [2.24, 2.45) is 0 Å². The van der Waals surface area contributed by atoms with E-state index in [4.69, 9.17) is 0 Å². The summed E-state index contributed by atoms with van der Waals surface area (Å²) in [5.41, 5.74) is 2.04. The second-order valence-electron chi connectivity index (χ2n) is 5.40. The lowest BCUT2D eigenvalue weighted by Gasteiger charge is -2.05. The summed E-state index contributed by atoms with van der Waals surface area (Å²) < 4.78 is 26.4. The normalized spacial score (nSPS) is 11.6. The third-order valence-electron chi connectivity index (χ3n) is 3.53. The molecule has 0 spiro atoms. The molecule has 3 rings (SSSR count). The van der Waals surface area contributed by atoms with Crippen LogP contribution in [0, 0.1) is 13.8 Å². The van der Waals surface area contributed by atoms with Crippen LogP contribution in [0.3, 0.4) is 0 Å². The van der Waals surface area contributed by atoms with Gasteiger partial charge in [0.1, 0.15) is 5.82 Å². The smallest absolute Gasteiger partial charge is 0.215 e. The van der Waals surface area contributed by atoms with Crippen LogP contribution in [-0.4, -0.2) is 22.6 Å². The highest BCUT2D eigenvalue weighted by molar-refractivity contribution is 7.89. The average molecular weight is 327 g/mol. The Labute approximate surface area is 135 Å². The number of rotatable bonds is 4. The molecular weight excluding hydrogens is 310 g/mol. The van der Waals surface area contributed by atoms with Crippen molar-refractivity contribution in [2.75, 3.05) is 0 Å². The molecule has 6 heteroatoms. The maximum absolute atomic E-state index is 12.7. The lowest BCUT2D eigenvalue weighted by Crippen LogP contribution is -2.16. The second kappa shape index (κ2) is 5.96. The molecule has 5 nitrogen and oxygen atoms in total. The first-order valence-electron chi connectivity index (χ1n) is 7.25. The maximum Gasteiger partial charge on any atom is 0.284 e. The minimum Gasteiger partial charge on any atom is -0.215 e. The number of aryl methyl sites for hydroxylation is 2. The van der Waals surface area contributed by atoms with E-state index < -0.39 is 10.0 Å². The molecule has 0 bridgehead atoms. The molecule has 0 aliphatic rings. The highest BCUT2D eigenvalue weighted by atomic mass is 32.2. The molecule has 23 heavy (non-hydrogen) atoms.